The molecule has 1 amide bonds. The lowest BCUT2D eigenvalue weighted by molar-refractivity contribution is -0.131. The van der Waals surface area contributed by atoms with Crippen LogP contribution in [0, 0.1) is 23.7 Å². The molecule has 2 fully saturated rings. The number of nitrogens with zero attached hydrogens (tertiary/aromatic N) is 3. The highest BCUT2D eigenvalue weighted by Gasteiger charge is 2.36. The summed E-state index contributed by atoms with van der Waals surface area (Å²) < 4.78 is 6.86. The van der Waals surface area contributed by atoms with Gasteiger partial charge in [0.15, 0.2) is 0 Å². The van der Waals surface area contributed by atoms with Crippen molar-refractivity contribution in [3.8, 4) is 24.3 Å². The second kappa shape index (κ2) is 9.21. The maximum Gasteiger partial charge on any atom is 0.238 e. The highest BCUT2D eigenvalue weighted by atomic mass is 79.9. The van der Waals surface area contributed by atoms with Gasteiger partial charge in [-0.05, 0) is 60.5 Å². The van der Waals surface area contributed by atoms with Crippen LogP contribution in [0.1, 0.15) is 38.5 Å². The Labute approximate surface area is 168 Å². The summed E-state index contributed by atoms with van der Waals surface area (Å²) in [5.41, 5.74) is 0. The Morgan fingerprint density at radius 2 is 2.04 bits per heavy atom. The molecule has 1 aliphatic carbocycles. The van der Waals surface area contributed by atoms with Crippen molar-refractivity contribution in [3.63, 3.8) is 0 Å². The zero-order chi connectivity index (χ0) is 19.2. The molecule has 1 saturated carbocycles. The van der Waals surface area contributed by atoms with E-state index in [1.54, 1.807) is 11.1 Å². The van der Waals surface area contributed by atoms with Gasteiger partial charge in [0.2, 0.25) is 11.8 Å². The molecule has 0 radical (unpaired) electrons. The largest absolute Gasteiger partial charge is 0.474 e. The number of rotatable bonds is 5. The van der Waals surface area contributed by atoms with E-state index in [0.717, 1.165) is 30.2 Å². The van der Waals surface area contributed by atoms with Gasteiger partial charge in [-0.2, -0.15) is 5.26 Å². The minimum absolute atomic E-state index is 0.0839. The zero-order valence-electron chi connectivity index (χ0n) is 15.1. The van der Waals surface area contributed by atoms with E-state index in [1.165, 1.54) is 0 Å². The van der Waals surface area contributed by atoms with Crippen LogP contribution in [0.4, 0.5) is 0 Å². The summed E-state index contributed by atoms with van der Waals surface area (Å²) in [6.45, 7) is 0.223. The molecule has 27 heavy (non-hydrogen) atoms. The van der Waals surface area contributed by atoms with Crippen molar-refractivity contribution in [3.05, 3.63) is 22.8 Å². The molecule has 0 aromatic carbocycles. The first kappa shape index (κ1) is 19.7. The number of hydrogen-bond donors (Lipinski definition) is 1. The predicted octanol–water partition coefficient (Wildman–Crippen LogP) is 2.64. The fourth-order valence-electron chi connectivity index (χ4n) is 3.76. The second-order valence-corrected chi connectivity index (χ2v) is 7.91. The summed E-state index contributed by atoms with van der Waals surface area (Å²) >= 11 is 3.36. The monoisotopic (exact) mass is 430 g/mol. The van der Waals surface area contributed by atoms with Gasteiger partial charge in [-0.15, -0.1) is 6.42 Å². The smallest absolute Gasteiger partial charge is 0.238 e. The molecule has 1 saturated heterocycles. The van der Waals surface area contributed by atoms with E-state index in [4.69, 9.17) is 11.2 Å². The molecular formula is C20H23BrN4O2. The molecule has 142 valence electrons. The van der Waals surface area contributed by atoms with Gasteiger partial charge in [0.25, 0.3) is 0 Å². The number of nitriles is 1. The number of carbonyl (C=O) groups is 1. The third-order valence-electron chi connectivity index (χ3n) is 5.22. The van der Waals surface area contributed by atoms with Crippen molar-refractivity contribution in [1.82, 2.24) is 15.2 Å². The van der Waals surface area contributed by atoms with Gasteiger partial charge in [-0.25, -0.2) is 4.98 Å². The zero-order valence-corrected chi connectivity index (χ0v) is 16.7. The number of pyridine rings is 1. The number of hydrogen-bond acceptors (Lipinski definition) is 5. The van der Waals surface area contributed by atoms with Crippen LogP contribution in [0.15, 0.2) is 22.8 Å². The van der Waals surface area contributed by atoms with Gasteiger partial charge in [-0.3, -0.25) is 4.79 Å². The van der Waals surface area contributed by atoms with Crippen molar-refractivity contribution < 1.29 is 9.53 Å². The lowest BCUT2D eigenvalue weighted by Crippen LogP contribution is -2.47. The number of halogens is 1. The molecule has 0 spiro atoms. The molecule has 0 unspecified atom stereocenters. The Morgan fingerprint density at radius 1 is 1.30 bits per heavy atom. The minimum atomic E-state index is -0.400. The molecule has 0 bridgehead atoms. The Balaban J connectivity index is 1.43. The molecule has 1 N–H and O–H groups in total. The van der Waals surface area contributed by atoms with Crippen molar-refractivity contribution in [2.45, 2.75) is 62.8 Å². The summed E-state index contributed by atoms with van der Waals surface area (Å²) in [5, 5.41) is 12.6. The average Bonchev–Trinajstić information content (AvgIpc) is 3.12. The number of ether oxygens (including phenoxy) is 1. The summed E-state index contributed by atoms with van der Waals surface area (Å²) in [4.78, 5) is 18.4. The lowest BCUT2D eigenvalue weighted by atomic mass is 9.93. The first-order valence-corrected chi connectivity index (χ1v) is 10.1. The summed E-state index contributed by atoms with van der Waals surface area (Å²) in [6, 6.07) is 5.58. The normalized spacial score (nSPS) is 27.6. The van der Waals surface area contributed by atoms with Crippen molar-refractivity contribution >= 4 is 21.8 Å². The Morgan fingerprint density at radius 3 is 2.67 bits per heavy atom. The molecule has 3 rings (SSSR count). The lowest BCUT2D eigenvalue weighted by Gasteiger charge is -2.30. The van der Waals surface area contributed by atoms with E-state index in [1.807, 2.05) is 12.1 Å². The van der Waals surface area contributed by atoms with Crippen LogP contribution in [-0.2, 0) is 4.79 Å². The van der Waals surface area contributed by atoms with E-state index in [2.05, 4.69) is 38.2 Å². The van der Waals surface area contributed by atoms with Gasteiger partial charge in [0.1, 0.15) is 12.1 Å². The molecule has 1 aromatic heterocycles. The van der Waals surface area contributed by atoms with Crippen LogP contribution in [0.2, 0.25) is 0 Å². The Kier molecular flexibility index (Phi) is 6.71. The number of amides is 1. The van der Waals surface area contributed by atoms with Gasteiger partial charge in [0, 0.05) is 22.8 Å². The fourth-order valence-corrected chi connectivity index (χ4v) is 3.99. The fraction of sp³-hybridized carbons (Fsp3) is 0.550. The van der Waals surface area contributed by atoms with Gasteiger partial charge in [0.05, 0.1) is 18.7 Å². The molecule has 1 aromatic rings. The molecule has 2 heterocycles. The number of terminal acetylenes is 1. The Bertz CT molecular complexity index is 710. The average molecular weight is 431 g/mol. The third-order valence-corrected chi connectivity index (χ3v) is 5.69. The molecule has 7 heteroatoms. The predicted molar refractivity (Wildman–Crippen MR) is 105 cm³/mol. The van der Waals surface area contributed by atoms with Gasteiger partial charge in [-0.1, -0.05) is 5.92 Å². The molecular weight excluding hydrogens is 408 g/mol. The molecule has 1 aliphatic heterocycles. The maximum absolute atomic E-state index is 12.5. The van der Waals surface area contributed by atoms with E-state index in [-0.39, 0.29) is 30.6 Å². The summed E-state index contributed by atoms with van der Waals surface area (Å²) in [7, 11) is 0. The van der Waals surface area contributed by atoms with E-state index >= 15 is 0 Å². The standard InChI is InChI=1S/C20H23BrN4O2/c1-2-16-6-7-17(11-22)25(16)20(26)13-23-15-4-8-18(9-5-15)27-19-10-3-14(21)12-24-19/h1,3,10,12,15-18,23H,4-9,13H2/t15?,16-,17-,18?/m0/s1. The maximum atomic E-state index is 12.5. The van der Waals surface area contributed by atoms with Crippen molar-refractivity contribution in [2.75, 3.05) is 6.54 Å². The molecule has 2 atom stereocenters. The topological polar surface area (TPSA) is 78.2 Å². The van der Waals surface area contributed by atoms with Crippen LogP contribution in [0.25, 0.3) is 0 Å². The Hall–Kier alpha value is -2.09. The number of aromatic nitrogens is 1. The van der Waals surface area contributed by atoms with E-state index < -0.39 is 6.04 Å². The first-order valence-electron chi connectivity index (χ1n) is 9.29. The molecule has 6 nitrogen and oxygen atoms in total. The van der Waals surface area contributed by atoms with Crippen LogP contribution < -0.4 is 10.1 Å². The van der Waals surface area contributed by atoms with E-state index in [0.29, 0.717) is 18.7 Å². The van der Waals surface area contributed by atoms with Crippen molar-refractivity contribution in [1.29, 1.82) is 5.26 Å². The highest BCUT2D eigenvalue weighted by Crippen LogP contribution is 2.25. The van der Waals surface area contributed by atoms with Crippen molar-refractivity contribution in [2.24, 2.45) is 0 Å². The first-order chi connectivity index (χ1) is 13.1. The number of carbonyl (C=O) groups excluding carboxylic acids is 1. The summed E-state index contributed by atoms with van der Waals surface area (Å²) in [5.74, 6) is 3.19. The second-order valence-electron chi connectivity index (χ2n) is 6.99. The summed E-state index contributed by atoms with van der Waals surface area (Å²) in [6.07, 6.45) is 12.5. The van der Waals surface area contributed by atoms with Crippen LogP contribution >= 0.6 is 15.9 Å². The third kappa shape index (κ3) is 5.00. The van der Waals surface area contributed by atoms with Gasteiger partial charge >= 0.3 is 0 Å². The van der Waals surface area contributed by atoms with Crippen LogP contribution in [-0.4, -0.2) is 46.6 Å². The van der Waals surface area contributed by atoms with Crippen LogP contribution in [0.5, 0.6) is 5.88 Å². The van der Waals surface area contributed by atoms with E-state index in [9.17, 15) is 10.1 Å². The highest BCUT2D eigenvalue weighted by molar-refractivity contribution is 9.10. The quantitative estimate of drug-likeness (QED) is 0.726. The number of nitrogens with one attached hydrogen (secondary N) is 1. The minimum Gasteiger partial charge on any atom is -0.474 e. The SMILES string of the molecule is C#C[C@H]1CC[C@@H](C#N)N1C(=O)CNC1CCC(Oc2ccc(Br)cn2)CC1. The van der Waals surface area contributed by atoms with Crippen LogP contribution in [0.3, 0.4) is 0 Å². The number of likely N-dealkylation sites (tertiary alicyclic amines) is 1. The molecule has 2 aliphatic rings. The van der Waals surface area contributed by atoms with Gasteiger partial charge < -0.3 is 15.0 Å².